The molecule has 1 saturated heterocycles. The van der Waals surface area contributed by atoms with E-state index in [2.05, 4.69) is 4.90 Å². The minimum Gasteiger partial charge on any atom is -0.388 e. The van der Waals surface area contributed by atoms with E-state index in [9.17, 15) is 15.0 Å². The molecule has 1 fully saturated rings. The first kappa shape index (κ1) is 18.9. The third-order valence-electron chi connectivity index (χ3n) is 5.04. The molecule has 2 N–H and O–H groups in total. The number of aliphatic hydroxyl groups is 2. The van der Waals surface area contributed by atoms with Crippen LogP contribution >= 0.6 is 0 Å². The number of hydrogen-bond donors (Lipinski definition) is 2. The molecule has 1 heterocycles. The number of likely N-dealkylation sites (N-methyl/N-ethyl adjacent to an activating group) is 1. The smallest absolute Gasteiger partial charge is 0.222 e. The first-order chi connectivity index (χ1) is 11.5. The van der Waals surface area contributed by atoms with E-state index in [-0.39, 0.29) is 12.5 Å². The Labute approximate surface area is 144 Å². The average Bonchev–Trinajstić information content (AvgIpc) is 2.61. The molecule has 1 aliphatic heterocycles. The summed E-state index contributed by atoms with van der Waals surface area (Å²) in [7, 11) is 0. The van der Waals surface area contributed by atoms with Crippen molar-refractivity contribution in [2.45, 2.75) is 44.8 Å². The van der Waals surface area contributed by atoms with E-state index in [1.165, 1.54) is 0 Å². The lowest BCUT2D eigenvalue weighted by molar-refractivity contribution is -0.153. The van der Waals surface area contributed by atoms with E-state index in [4.69, 9.17) is 0 Å². The summed E-state index contributed by atoms with van der Waals surface area (Å²) in [6.45, 7) is 6.93. The molecule has 1 amide bonds. The molecule has 134 valence electrons. The Bertz CT molecular complexity index is 519. The molecule has 0 bridgehead atoms. The third-order valence-corrected chi connectivity index (χ3v) is 5.04. The molecular weight excluding hydrogens is 304 g/mol. The molecule has 24 heavy (non-hydrogen) atoms. The summed E-state index contributed by atoms with van der Waals surface area (Å²) in [5.74, 6) is 0.0443. The Morgan fingerprint density at radius 1 is 1.29 bits per heavy atom. The highest BCUT2D eigenvalue weighted by atomic mass is 16.3. The Kier molecular flexibility index (Phi) is 6.78. The number of hydrogen-bond acceptors (Lipinski definition) is 4. The number of carbonyl (C=O) groups is 1. The second-order valence-electron chi connectivity index (χ2n) is 6.66. The van der Waals surface area contributed by atoms with E-state index in [1.54, 1.807) is 4.90 Å². The van der Waals surface area contributed by atoms with Crippen LogP contribution in [0.15, 0.2) is 30.3 Å². The molecule has 0 aliphatic carbocycles. The highest BCUT2D eigenvalue weighted by Crippen LogP contribution is 2.24. The fraction of sp³-hybridized carbons (Fsp3) is 0.632. The van der Waals surface area contributed by atoms with Crippen LogP contribution in [0, 0.1) is 0 Å². The maximum atomic E-state index is 12.4. The van der Waals surface area contributed by atoms with Crippen LogP contribution in [0.1, 0.15) is 32.3 Å². The maximum Gasteiger partial charge on any atom is 0.222 e. The number of carbonyl (C=O) groups excluding carboxylic acids is 1. The minimum atomic E-state index is -1.12. The second-order valence-corrected chi connectivity index (χ2v) is 6.66. The van der Waals surface area contributed by atoms with Gasteiger partial charge in [-0.05, 0) is 31.5 Å². The first-order valence-electron chi connectivity index (χ1n) is 8.93. The number of benzene rings is 1. The Hall–Kier alpha value is -1.43. The Morgan fingerprint density at radius 2 is 1.96 bits per heavy atom. The van der Waals surface area contributed by atoms with Gasteiger partial charge in [-0.25, -0.2) is 0 Å². The number of likely N-dealkylation sites (tertiary alicyclic amines) is 1. The second kappa shape index (κ2) is 8.60. The van der Waals surface area contributed by atoms with Crippen molar-refractivity contribution >= 4 is 5.91 Å². The number of piperidine rings is 1. The van der Waals surface area contributed by atoms with Crippen LogP contribution < -0.4 is 0 Å². The van der Waals surface area contributed by atoms with Crippen LogP contribution in [0.3, 0.4) is 0 Å². The van der Waals surface area contributed by atoms with Crippen molar-refractivity contribution in [1.82, 2.24) is 9.80 Å². The molecule has 1 aromatic rings. The predicted octanol–water partition coefficient (Wildman–Crippen LogP) is 1.29. The molecule has 0 saturated carbocycles. The van der Waals surface area contributed by atoms with Gasteiger partial charge < -0.3 is 20.0 Å². The molecule has 0 spiro atoms. The third kappa shape index (κ3) is 4.79. The Balaban J connectivity index is 1.86. The van der Waals surface area contributed by atoms with Crippen molar-refractivity contribution in [3.05, 3.63) is 35.9 Å². The number of amides is 1. The van der Waals surface area contributed by atoms with Gasteiger partial charge in [0.15, 0.2) is 0 Å². The summed E-state index contributed by atoms with van der Waals surface area (Å²) >= 11 is 0. The summed E-state index contributed by atoms with van der Waals surface area (Å²) in [5.41, 5.74) is 0.0174. The summed E-state index contributed by atoms with van der Waals surface area (Å²) < 4.78 is 0. The first-order valence-corrected chi connectivity index (χ1v) is 8.93. The molecule has 0 radical (unpaired) electrons. The lowest BCUT2D eigenvalue weighted by atomic mass is 9.87. The van der Waals surface area contributed by atoms with E-state index in [0.717, 1.165) is 18.7 Å². The van der Waals surface area contributed by atoms with E-state index < -0.39 is 11.7 Å². The van der Waals surface area contributed by atoms with Gasteiger partial charge >= 0.3 is 0 Å². The van der Waals surface area contributed by atoms with Gasteiger partial charge in [0.05, 0.1) is 0 Å². The van der Waals surface area contributed by atoms with Gasteiger partial charge in [0, 0.05) is 26.1 Å². The lowest BCUT2D eigenvalue weighted by Gasteiger charge is -2.44. The van der Waals surface area contributed by atoms with Gasteiger partial charge in [0.1, 0.15) is 11.7 Å². The number of rotatable bonds is 7. The van der Waals surface area contributed by atoms with Crippen LogP contribution in [0.5, 0.6) is 0 Å². The monoisotopic (exact) mass is 334 g/mol. The molecule has 0 aromatic heterocycles. The average molecular weight is 334 g/mol. The van der Waals surface area contributed by atoms with Gasteiger partial charge in [0.2, 0.25) is 5.91 Å². The van der Waals surface area contributed by atoms with Crippen LogP contribution in [0.4, 0.5) is 0 Å². The standard InChI is InChI=1S/C19H30N2O3/c1-3-20(4-2)15-19(24)12-13-21(14-17(19)22)18(23)11-10-16-8-6-5-7-9-16/h5-9,17,22,24H,3-4,10-15H2,1-2H3/t17-,19-/m0/s1. The van der Waals surface area contributed by atoms with Gasteiger partial charge in [-0.3, -0.25) is 4.79 Å². The van der Waals surface area contributed by atoms with Crippen molar-refractivity contribution < 1.29 is 15.0 Å². The molecule has 1 aromatic carbocycles. The largest absolute Gasteiger partial charge is 0.388 e. The van der Waals surface area contributed by atoms with E-state index in [1.807, 2.05) is 44.2 Å². The lowest BCUT2D eigenvalue weighted by Crippen LogP contribution is -2.61. The van der Waals surface area contributed by atoms with Crippen LogP contribution in [-0.2, 0) is 11.2 Å². The Morgan fingerprint density at radius 3 is 2.54 bits per heavy atom. The topological polar surface area (TPSA) is 64.0 Å². The molecule has 2 atom stereocenters. The summed E-state index contributed by atoms with van der Waals surface area (Å²) in [6, 6.07) is 9.93. The molecule has 5 nitrogen and oxygen atoms in total. The van der Waals surface area contributed by atoms with Gasteiger partial charge in [-0.1, -0.05) is 44.2 Å². The van der Waals surface area contributed by atoms with Crippen molar-refractivity contribution in [2.24, 2.45) is 0 Å². The summed E-state index contributed by atoms with van der Waals surface area (Å²) in [6.07, 6.45) is 0.663. The van der Waals surface area contributed by atoms with Crippen molar-refractivity contribution in [3.63, 3.8) is 0 Å². The highest BCUT2D eigenvalue weighted by molar-refractivity contribution is 5.76. The van der Waals surface area contributed by atoms with Crippen molar-refractivity contribution in [1.29, 1.82) is 0 Å². The molecule has 5 heteroatoms. The van der Waals surface area contributed by atoms with Gasteiger partial charge in [0.25, 0.3) is 0 Å². The van der Waals surface area contributed by atoms with Crippen molar-refractivity contribution in [2.75, 3.05) is 32.7 Å². The predicted molar refractivity (Wildman–Crippen MR) is 94.7 cm³/mol. The van der Waals surface area contributed by atoms with Crippen LogP contribution in [0.2, 0.25) is 0 Å². The number of aryl methyl sites for hydroxylation is 1. The molecule has 0 unspecified atom stereocenters. The number of β-amino-alcohol motifs (C(OH)–C–C–N with tert-alkyl or cyclic N) is 1. The SMILES string of the molecule is CCN(CC)C[C@@]1(O)CCN(C(=O)CCc2ccccc2)C[C@@H]1O. The molecule has 1 aliphatic rings. The summed E-state index contributed by atoms with van der Waals surface area (Å²) in [4.78, 5) is 16.2. The minimum absolute atomic E-state index is 0.0443. The fourth-order valence-corrected chi connectivity index (χ4v) is 3.26. The van der Waals surface area contributed by atoms with Crippen molar-refractivity contribution in [3.8, 4) is 0 Å². The van der Waals surface area contributed by atoms with Crippen LogP contribution in [0.25, 0.3) is 0 Å². The van der Waals surface area contributed by atoms with E-state index >= 15 is 0 Å². The number of nitrogens with zero attached hydrogens (tertiary/aromatic N) is 2. The molecule has 2 rings (SSSR count). The highest BCUT2D eigenvalue weighted by Gasteiger charge is 2.42. The van der Waals surface area contributed by atoms with Gasteiger partial charge in [-0.15, -0.1) is 0 Å². The maximum absolute atomic E-state index is 12.4. The quantitative estimate of drug-likeness (QED) is 0.789. The zero-order valence-electron chi connectivity index (χ0n) is 14.8. The number of aliphatic hydroxyl groups excluding tert-OH is 1. The summed E-state index contributed by atoms with van der Waals surface area (Å²) in [5, 5.41) is 21.2. The molecular formula is C19H30N2O3. The normalized spacial score (nSPS) is 24.4. The van der Waals surface area contributed by atoms with Gasteiger partial charge in [-0.2, -0.15) is 0 Å². The zero-order chi connectivity index (χ0) is 17.6. The van der Waals surface area contributed by atoms with E-state index in [0.29, 0.717) is 32.4 Å². The zero-order valence-corrected chi connectivity index (χ0v) is 14.8. The van der Waals surface area contributed by atoms with Crippen LogP contribution in [-0.4, -0.2) is 70.3 Å². The fourth-order valence-electron chi connectivity index (χ4n) is 3.26.